The Labute approximate surface area is 151 Å². The molecule has 1 aromatic rings. The van der Waals surface area contributed by atoms with E-state index in [1.165, 1.54) is 12.1 Å². The summed E-state index contributed by atoms with van der Waals surface area (Å²) >= 11 is 0. The average molecular weight is 345 g/mol. The number of likely N-dealkylation sites (tertiary alicyclic amines) is 1. The van der Waals surface area contributed by atoms with Gasteiger partial charge in [0.05, 0.1) is 7.11 Å². The molecule has 2 heterocycles. The molecule has 0 aliphatic carbocycles. The Bertz CT molecular complexity index is 553. The third-order valence-electron chi connectivity index (χ3n) is 5.62. The third kappa shape index (κ3) is 4.39. The van der Waals surface area contributed by atoms with Gasteiger partial charge < -0.3 is 19.9 Å². The smallest absolute Gasteiger partial charge is 0.317 e. The number of hydrogen-bond donors (Lipinski definition) is 1. The maximum Gasteiger partial charge on any atom is 0.317 e. The number of urea groups is 1. The van der Waals surface area contributed by atoms with E-state index in [1.54, 1.807) is 7.11 Å². The van der Waals surface area contributed by atoms with E-state index in [0.717, 1.165) is 57.5 Å². The first-order valence-corrected chi connectivity index (χ1v) is 9.67. The van der Waals surface area contributed by atoms with Gasteiger partial charge in [-0.2, -0.15) is 0 Å². The lowest BCUT2D eigenvalue weighted by Crippen LogP contribution is -2.53. The van der Waals surface area contributed by atoms with E-state index in [1.807, 2.05) is 12.1 Å². The van der Waals surface area contributed by atoms with Crippen LogP contribution in [0.4, 0.5) is 10.5 Å². The van der Waals surface area contributed by atoms with Gasteiger partial charge in [0.15, 0.2) is 0 Å². The number of nitrogens with zero attached hydrogens (tertiary/aromatic N) is 2. The SMILES string of the molecule is CCC1CCCCN1C(=O)NC1CCN(c2ccc(OC)cc2)CC1. The van der Waals surface area contributed by atoms with Crippen molar-refractivity contribution in [1.82, 2.24) is 10.2 Å². The standard InChI is InChI=1S/C20H31N3O2/c1-3-17-6-4-5-13-23(17)20(24)21-16-11-14-22(15-12-16)18-7-9-19(25-2)10-8-18/h7-10,16-17H,3-6,11-15H2,1-2H3,(H,21,24). The Morgan fingerprint density at radius 3 is 2.48 bits per heavy atom. The molecule has 0 radical (unpaired) electrons. The Morgan fingerprint density at radius 2 is 1.84 bits per heavy atom. The predicted molar refractivity (Wildman–Crippen MR) is 101 cm³/mol. The quantitative estimate of drug-likeness (QED) is 0.906. The molecule has 5 heteroatoms. The van der Waals surface area contributed by atoms with Crippen LogP contribution in [0.25, 0.3) is 0 Å². The first-order chi connectivity index (χ1) is 12.2. The summed E-state index contributed by atoms with van der Waals surface area (Å²) in [5.41, 5.74) is 1.23. The number of benzene rings is 1. The highest BCUT2D eigenvalue weighted by Gasteiger charge is 2.28. The van der Waals surface area contributed by atoms with Gasteiger partial charge in [-0.15, -0.1) is 0 Å². The third-order valence-corrected chi connectivity index (χ3v) is 5.62. The molecule has 2 fully saturated rings. The summed E-state index contributed by atoms with van der Waals surface area (Å²) in [5.74, 6) is 0.887. The second kappa shape index (κ2) is 8.45. The number of amides is 2. The second-order valence-corrected chi connectivity index (χ2v) is 7.16. The number of hydrogen-bond acceptors (Lipinski definition) is 3. The molecule has 1 atom stereocenters. The molecule has 25 heavy (non-hydrogen) atoms. The van der Waals surface area contributed by atoms with E-state index in [-0.39, 0.29) is 6.03 Å². The highest BCUT2D eigenvalue weighted by molar-refractivity contribution is 5.75. The molecular formula is C20H31N3O2. The van der Waals surface area contributed by atoms with Crippen LogP contribution in [0.2, 0.25) is 0 Å². The summed E-state index contributed by atoms with van der Waals surface area (Å²) in [4.78, 5) is 17.1. The van der Waals surface area contributed by atoms with Crippen LogP contribution in [-0.2, 0) is 0 Å². The molecule has 0 spiro atoms. The minimum absolute atomic E-state index is 0.148. The second-order valence-electron chi connectivity index (χ2n) is 7.16. The molecule has 1 unspecified atom stereocenters. The fourth-order valence-electron chi connectivity index (χ4n) is 4.02. The first kappa shape index (κ1) is 17.9. The van der Waals surface area contributed by atoms with Crippen molar-refractivity contribution >= 4 is 11.7 Å². The van der Waals surface area contributed by atoms with Crippen molar-refractivity contribution in [2.75, 3.05) is 31.6 Å². The highest BCUT2D eigenvalue weighted by Crippen LogP contribution is 2.24. The van der Waals surface area contributed by atoms with Crippen molar-refractivity contribution in [3.05, 3.63) is 24.3 Å². The molecule has 2 aliphatic heterocycles. The van der Waals surface area contributed by atoms with Crippen LogP contribution in [0.3, 0.4) is 0 Å². The molecule has 3 rings (SSSR count). The lowest BCUT2D eigenvalue weighted by molar-refractivity contribution is 0.144. The van der Waals surface area contributed by atoms with E-state index in [9.17, 15) is 4.79 Å². The number of carbonyl (C=O) groups excluding carboxylic acids is 1. The van der Waals surface area contributed by atoms with Gasteiger partial charge in [-0.05, 0) is 62.8 Å². The molecule has 0 saturated carbocycles. The van der Waals surface area contributed by atoms with Crippen LogP contribution in [0.15, 0.2) is 24.3 Å². The summed E-state index contributed by atoms with van der Waals surface area (Å²) < 4.78 is 5.22. The molecule has 1 aromatic carbocycles. The minimum atomic E-state index is 0.148. The van der Waals surface area contributed by atoms with E-state index < -0.39 is 0 Å². The number of piperidine rings is 2. The van der Waals surface area contributed by atoms with Crippen molar-refractivity contribution in [1.29, 1.82) is 0 Å². The zero-order chi connectivity index (χ0) is 17.6. The molecule has 138 valence electrons. The van der Waals surface area contributed by atoms with E-state index >= 15 is 0 Å². The molecule has 0 aromatic heterocycles. The van der Waals surface area contributed by atoms with Gasteiger partial charge in [0.25, 0.3) is 0 Å². The summed E-state index contributed by atoms with van der Waals surface area (Å²) in [6.45, 7) is 5.06. The van der Waals surface area contributed by atoms with E-state index in [4.69, 9.17) is 4.74 Å². The molecular weight excluding hydrogens is 314 g/mol. The molecule has 2 amide bonds. The van der Waals surface area contributed by atoms with Gasteiger partial charge in [0.2, 0.25) is 0 Å². The van der Waals surface area contributed by atoms with Crippen LogP contribution in [-0.4, -0.2) is 49.8 Å². The topological polar surface area (TPSA) is 44.8 Å². The zero-order valence-electron chi connectivity index (χ0n) is 15.5. The summed E-state index contributed by atoms with van der Waals surface area (Å²) in [7, 11) is 1.69. The van der Waals surface area contributed by atoms with E-state index in [0.29, 0.717) is 12.1 Å². The summed E-state index contributed by atoms with van der Waals surface area (Å²) in [5, 5.41) is 3.28. The minimum Gasteiger partial charge on any atom is -0.497 e. The van der Waals surface area contributed by atoms with Gasteiger partial charge in [-0.1, -0.05) is 6.92 Å². The monoisotopic (exact) mass is 345 g/mol. The maximum atomic E-state index is 12.6. The highest BCUT2D eigenvalue weighted by atomic mass is 16.5. The average Bonchev–Trinajstić information content (AvgIpc) is 2.68. The van der Waals surface area contributed by atoms with Gasteiger partial charge in [0.1, 0.15) is 5.75 Å². The number of ether oxygens (including phenoxy) is 1. The van der Waals surface area contributed by atoms with Gasteiger partial charge in [0, 0.05) is 37.4 Å². The van der Waals surface area contributed by atoms with Crippen molar-refractivity contribution in [2.45, 2.75) is 57.5 Å². The summed E-state index contributed by atoms with van der Waals surface area (Å²) in [6, 6.07) is 9.09. The lowest BCUT2D eigenvalue weighted by atomic mass is 10.00. The Kier molecular flexibility index (Phi) is 6.05. The first-order valence-electron chi connectivity index (χ1n) is 9.67. The van der Waals surface area contributed by atoms with Crippen LogP contribution < -0.4 is 15.0 Å². The molecule has 0 bridgehead atoms. The van der Waals surface area contributed by atoms with Crippen LogP contribution >= 0.6 is 0 Å². The predicted octanol–water partition coefficient (Wildman–Crippen LogP) is 3.64. The Morgan fingerprint density at radius 1 is 1.12 bits per heavy atom. The number of carbonyl (C=O) groups is 1. The fraction of sp³-hybridized carbons (Fsp3) is 0.650. The van der Waals surface area contributed by atoms with Crippen molar-refractivity contribution in [3.63, 3.8) is 0 Å². The summed E-state index contributed by atoms with van der Waals surface area (Å²) in [6.07, 6.45) is 6.61. The number of nitrogens with one attached hydrogen (secondary N) is 1. The van der Waals surface area contributed by atoms with E-state index in [2.05, 4.69) is 34.2 Å². The number of anilines is 1. The molecule has 5 nitrogen and oxygen atoms in total. The van der Waals surface area contributed by atoms with Crippen LogP contribution in [0.5, 0.6) is 5.75 Å². The molecule has 2 saturated heterocycles. The Hall–Kier alpha value is -1.91. The molecule has 1 N–H and O–H groups in total. The zero-order valence-corrected chi connectivity index (χ0v) is 15.5. The van der Waals surface area contributed by atoms with Gasteiger partial charge in [-0.3, -0.25) is 0 Å². The lowest BCUT2D eigenvalue weighted by Gasteiger charge is -2.38. The van der Waals surface area contributed by atoms with Crippen LogP contribution in [0.1, 0.15) is 45.4 Å². The van der Waals surface area contributed by atoms with Crippen LogP contribution in [0, 0.1) is 0 Å². The number of rotatable bonds is 4. The Balaban J connectivity index is 1.49. The normalized spacial score (nSPS) is 21.9. The van der Waals surface area contributed by atoms with Gasteiger partial charge in [-0.25, -0.2) is 4.79 Å². The van der Waals surface area contributed by atoms with Crippen molar-refractivity contribution in [2.24, 2.45) is 0 Å². The fourth-order valence-corrected chi connectivity index (χ4v) is 4.02. The van der Waals surface area contributed by atoms with Gasteiger partial charge >= 0.3 is 6.03 Å². The number of methoxy groups -OCH3 is 1. The maximum absolute atomic E-state index is 12.6. The van der Waals surface area contributed by atoms with Crippen molar-refractivity contribution < 1.29 is 9.53 Å². The van der Waals surface area contributed by atoms with Crippen molar-refractivity contribution in [3.8, 4) is 5.75 Å². The largest absolute Gasteiger partial charge is 0.497 e. The molecule has 2 aliphatic rings.